The van der Waals surface area contributed by atoms with Gasteiger partial charge in [0.2, 0.25) is 0 Å². The Labute approximate surface area is 161 Å². The van der Waals surface area contributed by atoms with Gasteiger partial charge in [-0.2, -0.15) is 0 Å². The number of amides is 2. The first kappa shape index (κ1) is 16.9. The van der Waals surface area contributed by atoms with Crippen LogP contribution < -0.4 is 5.32 Å². The van der Waals surface area contributed by atoms with Gasteiger partial charge in [-0.15, -0.1) is 0 Å². The standard InChI is InChI=1S/C21H20BrN3O/c1-2-18-20-11-6-12-24(20)19-10-4-3-7-15(19)14-25(18)21(26)23-17-9-5-8-16(22)13-17/h3-13,18H,2,14H2,1H3,(H,23,26)/t18-/m0/s1. The lowest BCUT2D eigenvalue weighted by Crippen LogP contribution is -2.37. The fourth-order valence-corrected chi connectivity index (χ4v) is 4.02. The molecule has 26 heavy (non-hydrogen) atoms. The van der Waals surface area contributed by atoms with Gasteiger partial charge in [-0.25, -0.2) is 4.79 Å². The molecule has 0 radical (unpaired) electrons. The number of carbonyl (C=O) groups is 1. The number of hydrogen-bond donors (Lipinski definition) is 1. The topological polar surface area (TPSA) is 37.3 Å². The monoisotopic (exact) mass is 409 g/mol. The van der Waals surface area contributed by atoms with Gasteiger partial charge in [0.25, 0.3) is 0 Å². The average Bonchev–Trinajstić information content (AvgIpc) is 3.06. The van der Waals surface area contributed by atoms with Crippen molar-refractivity contribution < 1.29 is 4.79 Å². The van der Waals surface area contributed by atoms with Crippen LogP contribution in [0.3, 0.4) is 0 Å². The van der Waals surface area contributed by atoms with Crippen molar-refractivity contribution in [3.05, 3.63) is 82.6 Å². The number of hydrogen-bond acceptors (Lipinski definition) is 1. The van der Waals surface area contributed by atoms with Crippen LogP contribution in [-0.4, -0.2) is 15.5 Å². The highest BCUT2D eigenvalue weighted by Gasteiger charge is 2.30. The minimum Gasteiger partial charge on any atom is -0.318 e. The summed E-state index contributed by atoms with van der Waals surface area (Å²) in [5.74, 6) is 0. The molecule has 1 aromatic heterocycles. The third-order valence-corrected chi connectivity index (χ3v) is 5.31. The Morgan fingerprint density at radius 3 is 2.81 bits per heavy atom. The Morgan fingerprint density at radius 2 is 2.00 bits per heavy atom. The van der Waals surface area contributed by atoms with Crippen molar-refractivity contribution in [1.29, 1.82) is 0 Å². The molecular weight excluding hydrogens is 390 g/mol. The third kappa shape index (κ3) is 3.03. The number of rotatable bonds is 2. The van der Waals surface area contributed by atoms with E-state index >= 15 is 0 Å². The van der Waals surface area contributed by atoms with E-state index in [9.17, 15) is 4.79 Å². The molecule has 5 heteroatoms. The number of benzene rings is 2. The van der Waals surface area contributed by atoms with E-state index in [4.69, 9.17) is 0 Å². The predicted molar refractivity (Wildman–Crippen MR) is 108 cm³/mol. The van der Waals surface area contributed by atoms with E-state index in [-0.39, 0.29) is 12.1 Å². The van der Waals surface area contributed by atoms with E-state index in [2.05, 4.69) is 57.1 Å². The summed E-state index contributed by atoms with van der Waals surface area (Å²) in [5.41, 5.74) is 4.21. The van der Waals surface area contributed by atoms with Crippen LogP contribution in [0.2, 0.25) is 0 Å². The molecule has 0 saturated carbocycles. The van der Waals surface area contributed by atoms with E-state index in [1.54, 1.807) is 0 Å². The fourth-order valence-electron chi connectivity index (χ4n) is 3.62. The second kappa shape index (κ2) is 7.00. The van der Waals surface area contributed by atoms with Crippen molar-refractivity contribution in [3.63, 3.8) is 0 Å². The molecule has 1 N–H and O–H groups in total. The molecule has 1 aliphatic heterocycles. The number of fused-ring (bicyclic) bond motifs is 3. The quantitative estimate of drug-likeness (QED) is 0.575. The van der Waals surface area contributed by atoms with Gasteiger partial charge in [0.05, 0.1) is 18.3 Å². The van der Waals surface area contributed by atoms with Crippen LogP contribution in [0.4, 0.5) is 10.5 Å². The van der Waals surface area contributed by atoms with Gasteiger partial charge in [-0.1, -0.05) is 47.1 Å². The van der Waals surface area contributed by atoms with E-state index in [0.717, 1.165) is 33.5 Å². The summed E-state index contributed by atoms with van der Waals surface area (Å²) in [6, 6.07) is 20.0. The normalized spacial score (nSPS) is 15.8. The maximum atomic E-state index is 13.1. The lowest BCUT2D eigenvalue weighted by molar-refractivity contribution is 0.181. The summed E-state index contributed by atoms with van der Waals surface area (Å²) in [5, 5.41) is 3.05. The van der Waals surface area contributed by atoms with Crippen LogP contribution in [0.1, 0.15) is 30.6 Å². The highest BCUT2D eigenvalue weighted by Crippen LogP contribution is 2.34. The first-order chi connectivity index (χ1) is 12.7. The molecule has 0 aliphatic carbocycles. The highest BCUT2D eigenvalue weighted by molar-refractivity contribution is 9.10. The molecule has 2 amide bonds. The molecule has 1 atom stereocenters. The maximum absolute atomic E-state index is 13.1. The molecule has 132 valence electrons. The molecular formula is C21H20BrN3O. The number of urea groups is 1. The number of halogens is 1. The van der Waals surface area contributed by atoms with Gasteiger partial charge in [-0.05, 0) is 48.4 Å². The zero-order valence-corrected chi connectivity index (χ0v) is 16.1. The molecule has 0 saturated heterocycles. The first-order valence-electron chi connectivity index (χ1n) is 8.76. The minimum atomic E-state index is -0.0839. The van der Waals surface area contributed by atoms with Crippen LogP contribution >= 0.6 is 15.9 Å². The van der Waals surface area contributed by atoms with Crippen molar-refractivity contribution in [2.24, 2.45) is 0 Å². The number of anilines is 1. The smallest absolute Gasteiger partial charge is 0.318 e. The lowest BCUT2D eigenvalue weighted by atomic mass is 10.1. The van der Waals surface area contributed by atoms with Crippen molar-refractivity contribution in [2.45, 2.75) is 25.9 Å². The maximum Gasteiger partial charge on any atom is 0.322 e. The van der Waals surface area contributed by atoms with Gasteiger partial charge in [-0.3, -0.25) is 0 Å². The van der Waals surface area contributed by atoms with E-state index in [1.807, 2.05) is 47.4 Å². The summed E-state index contributed by atoms with van der Waals surface area (Å²) >= 11 is 3.46. The molecule has 4 nitrogen and oxygen atoms in total. The Hall–Kier alpha value is -2.53. The summed E-state index contributed by atoms with van der Waals surface area (Å²) in [4.78, 5) is 15.1. The summed E-state index contributed by atoms with van der Waals surface area (Å²) < 4.78 is 3.15. The van der Waals surface area contributed by atoms with Gasteiger partial charge in [0.1, 0.15) is 0 Å². The zero-order chi connectivity index (χ0) is 18.1. The average molecular weight is 410 g/mol. The number of para-hydroxylation sites is 1. The summed E-state index contributed by atoms with van der Waals surface area (Å²) in [7, 11) is 0. The Morgan fingerprint density at radius 1 is 1.15 bits per heavy atom. The fraction of sp³-hybridized carbons (Fsp3) is 0.190. The van der Waals surface area contributed by atoms with Crippen LogP contribution in [0.5, 0.6) is 0 Å². The third-order valence-electron chi connectivity index (χ3n) is 4.81. The number of carbonyl (C=O) groups excluding carboxylic acids is 1. The molecule has 1 aliphatic rings. The summed E-state index contributed by atoms with van der Waals surface area (Å²) in [6.45, 7) is 2.70. The number of nitrogens with zero attached hydrogens (tertiary/aromatic N) is 2. The molecule has 0 unspecified atom stereocenters. The van der Waals surface area contributed by atoms with Gasteiger partial charge in [0.15, 0.2) is 0 Å². The number of nitrogens with one attached hydrogen (secondary N) is 1. The molecule has 2 aromatic carbocycles. The molecule has 0 spiro atoms. The van der Waals surface area contributed by atoms with Crippen molar-refractivity contribution in [3.8, 4) is 5.69 Å². The largest absolute Gasteiger partial charge is 0.322 e. The highest BCUT2D eigenvalue weighted by atomic mass is 79.9. The predicted octanol–water partition coefficient (Wildman–Crippen LogP) is 5.74. The van der Waals surface area contributed by atoms with E-state index < -0.39 is 0 Å². The molecule has 0 bridgehead atoms. The van der Waals surface area contributed by atoms with Gasteiger partial charge < -0.3 is 14.8 Å². The molecule has 0 fully saturated rings. The van der Waals surface area contributed by atoms with Crippen LogP contribution in [0.15, 0.2) is 71.3 Å². The SMILES string of the molecule is CC[C@H]1c2cccn2-c2ccccc2CN1C(=O)Nc1cccc(Br)c1. The second-order valence-electron chi connectivity index (χ2n) is 6.42. The number of aromatic nitrogens is 1. The summed E-state index contributed by atoms with van der Waals surface area (Å²) in [6.07, 6.45) is 2.93. The van der Waals surface area contributed by atoms with E-state index in [1.165, 1.54) is 0 Å². The molecule has 3 aromatic rings. The molecule has 4 rings (SSSR count). The molecule has 2 heterocycles. The first-order valence-corrected chi connectivity index (χ1v) is 9.55. The van der Waals surface area contributed by atoms with Gasteiger partial charge in [0, 0.05) is 22.1 Å². The van der Waals surface area contributed by atoms with Crippen LogP contribution in [0, 0.1) is 0 Å². The zero-order valence-electron chi connectivity index (χ0n) is 14.5. The van der Waals surface area contributed by atoms with Crippen molar-refractivity contribution >= 4 is 27.6 Å². The van der Waals surface area contributed by atoms with Crippen LogP contribution in [0.25, 0.3) is 5.69 Å². The second-order valence-corrected chi connectivity index (χ2v) is 7.34. The Kier molecular flexibility index (Phi) is 4.55. The lowest BCUT2D eigenvalue weighted by Gasteiger charge is -2.29. The minimum absolute atomic E-state index is 0.0181. The van der Waals surface area contributed by atoms with E-state index in [0.29, 0.717) is 6.54 Å². The Balaban J connectivity index is 1.73. The van der Waals surface area contributed by atoms with Crippen molar-refractivity contribution in [1.82, 2.24) is 9.47 Å². The van der Waals surface area contributed by atoms with Gasteiger partial charge >= 0.3 is 6.03 Å². The van der Waals surface area contributed by atoms with Crippen molar-refractivity contribution in [2.75, 3.05) is 5.32 Å². The van der Waals surface area contributed by atoms with Crippen LogP contribution in [-0.2, 0) is 6.54 Å². The Bertz CT molecular complexity index is 950.